The van der Waals surface area contributed by atoms with Crippen LogP contribution in [0.5, 0.6) is 5.75 Å². The molecule has 31 heavy (non-hydrogen) atoms. The first-order valence-electron chi connectivity index (χ1n) is 10.3. The first kappa shape index (κ1) is 20.7. The fourth-order valence-corrected chi connectivity index (χ4v) is 3.46. The standard InChI is InChI=1S/C23H25N5O3/c1-30-18-8-6-17(7-9-18)20(10-11-22(29)28-12-14-31-15-13-28)26-27-23-19-4-2-3-5-21(19)24-16-25-23/h2-9,16H,10-15H2,1H3,(H,24,25,27)/b26-20-. The van der Waals surface area contributed by atoms with E-state index in [0.29, 0.717) is 45.0 Å². The van der Waals surface area contributed by atoms with Gasteiger partial charge >= 0.3 is 0 Å². The summed E-state index contributed by atoms with van der Waals surface area (Å²) in [6, 6.07) is 15.4. The Hall–Kier alpha value is -3.52. The first-order chi connectivity index (χ1) is 15.2. The van der Waals surface area contributed by atoms with Crippen molar-refractivity contribution in [3.05, 3.63) is 60.4 Å². The number of rotatable bonds is 7. The Kier molecular flexibility index (Phi) is 6.68. The molecule has 8 heteroatoms. The topological polar surface area (TPSA) is 88.9 Å². The number of hydrazone groups is 1. The van der Waals surface area contributed by atoms with Crippen molar-refractivity contribution in [2.45, 2.75) is 12.8 Å². The predicted octanol–water partition coefficient (Wildman–Crippen LogP) is 3.09. The zero-order chi connectivity index (χ0) is 21.5. The van der Waals surface area contributed by atoms with Crippen molar-refractivity contribution < 1.29 is 14.3 Å². The Morgan fingerprint density at radius 1 is 1.10 bits per heavy atom. The summed E-state index contributed by atoms with van der Waals surface area (Å²) < 4.78 is 10.6. The molecule has 3 aromatic rings. The second-order valence-corrected chi connectivity index (χ2v) is 7.13. The number of fused-ring (bicyclic) bond motifs is 1. The number of benzene rings is 2. The molecular formula is C23H25N5O3. The highest BCUT2D eigenvalue weighted by molar-refractivity contribution is 6.03. The molecule has 1 aliphatic heterocycles. The summed E-state index contributed by atoms with van der Waals surface area (Å²) in [4.78, 5) is 23.1. The van der Waals surface area contributed by atoms with Crippen LogP contribution in [0.1, 0.15) is 18.4 Å². The second-order valence-electron chi connectivity index (χ2n) is 7.13. The molecule has 0 radical (unpaired) electrons. The van der Waals surface area contributed by atoms with E-state index in [1.807, 2.05) is 53.4 Å². The van der Waals surface area contributed by atoms with Crippen LogP contribution in [-0.4, -0.2) is 59.9 Å². The molecule has 0 bridgehead atoms. The van der Waals surface area contributed by atoms with Crippen LogP contribution in [0.25, 0.3) is 10.9 Å². The van der Waals surface area contributed by atoms with Gasteiger partial charge < -0.3 is 14.4 Å². The minimum Gasteiger partial charge on any atom is -0.497 e. The van der Waals surface area contributed by atoms with Gasteiger partial charge in [-0.2, -0.15) is 5.10 Å². The van der Waals surface area contributed by atoms with Gasteiger partial charge in [-0.25, -0.2) is 9.97 Å². The largest absolute Gasteiger partial charge is 0.497 e. The zero-order valence-electron chi connectivity index (χ0n) is 17.5. The Labute approximate surface area is 180 Å². The minimum absolute atomic E-state index is 0.108. The van der Waals surface area contributed by atoms with E-state index in [0.717, 1.165) is 27.9 Å². The Morgan fingerprint density at radius 3 is 2.65 bits per heavy atom. The highest BCUT2D eigenvalue weighted by Crippen LogP contribution is 2.20. The summed E-state index contributed by atoms with van der Waals surface area (Å²) in [6.07, 6.45) is 2.38. The van der Waals surface area contributed by atoms with Crippen LogP contribution in [0, 0.1) is 0 Å². The number of nitrogens with zero attached hydrogens (tertiary/aromatic N) is 4. The van der Waals surface area contributed by atoms with Crippen LogP contribution in [0.4, 0.5) is 5.82 Å². The van der Waals surface area contributed by atoms with Crippen molar-refractivity contribution in [3.8, 4) is 5.75 Å². The van der Waals surface area contributed by atoms with Crippen LogP contribution in [0.2, 0.25) is 0 Å². The number of nitrogens with one attached hydrogen (secondary N) is 1. The lowest BCUT2D eigenvalue weighted by molar-refractivity contribution is -0.135. The number of ether oxygens (including phenoxy) is 2. The van der Waals surface area contributed by atoms with Crippen molar-refractivity contribution in [1.82, 2.24) is 14.9 Å². The highest BCUT2D eigenvalue weighted by Gasteiger charge is 2.18. The molecule has 0 saturated carbocycles. The van der Waals surface area contributed by atoms with E-state index < -0.39 is 0 Å². The zero-order valence-corrected chi connectivity index (χ0v) is 17.5. The number of carbonyl (C=O) groups is 1. The lowest BCUT2D eigenvalue weighted by atomic mass is 10.0. The van der Waals surface area contributed by atoms with Crippen LogP contribution in [-0.2, 0) is 9.53 Å². The van der Waals surface area contributed by atoms with Gasteiger partial charge in [-0.05, 0) is 42.0 Å². The Bertz CT molecular complexity index is 1060. The average Bonchev–Trinajstić information content (AvgIpc) is 2.84. The predicted molar refractivity (Wildman–Crippen MR) is 119 cm³/mol. The van der Waals surface area contributed by atoms with Crippen LogP contribution < -0.4 is 10.2 Å². The molecule has 1 amide bonds. The molecule has 1 N–H and O–H groups in total. The molecule has 0 unspecified atom stereocenters. The smallest absolute Gasteiger partial charge is 0.223 e. The summed E-state index contributed by atoms with van der Waals surface area (Å²) in [5.41, 5.74) is 5.60. The van der Waals surface area contributed by atoms with E-state index in [1.54, 1.807) is 7.11 Å². The molecule has 2 aromatic carbocycles. The third kappa shape index (κ3) is 5.16. The van der Waals surface area contributed by atoms with Gasteiger partial charge in [0.15, 0.2) is 5.82 Å². The monoisotopic (exact) mass is 419 g/mol. The van der Waals surface area contributed by atoms with Gasteiger partial charge in [0.05, 0.1) is 31.6 Å². The molecular weight excluding hydrogens is 394 g/mol. The minimum atomic E-state index is 0.108. The maximum atomic E-state index is 12.6. The lowest BCUT2D eigenvalue weighted by Gasteiger charge is -2.26. The number of methoxy groups -OCH3 is 1. The van der Waals surface area contributed by atoms with Gasteiger partial charge in [0.2, 0.25) is 5.91 Å². The second kappa shape index (κ2) is 9.99. The van der Waals surface area contributed by atoms with Crippen molar-refractivity contribution in [2.24, 2.45) is 5.10 Å². The quantitative estimate of drug-likeness (QED) is 0.468. The van der Waals surface area contributed by atoms with E-state index in [4.69, 9.17) is 9.47 Å². The molecule has 1 saturated heterocycles. The van der Waals surface area contributed by atoms with Gasteiger partial charge in [-0.3, -0.25) is 10.2 Å². The van der Waals surface area contributed by atoms with Crippen molar-refractivity contribution in [3.63, 3.8) is 0 Å². The number of para-hydroxylation sites is 1. The van der Waals surface area contributed by atoms with E-state index in [9.17, 15) is 4.79 Å². The number of carbonyl (C=O) groups excluding carboxylic acids is 1. The number of amides is 1. The van der Waals surface area contributed by atoms with Crippen molar-refractivity contribution >= 4 is 28.3 Å². The highest BCUT2D eigenvalue weighted by atomic mass is 16.5. The van der Waals surface area contributed by atoms with E-state index >= 15 is 0 Å². The molecule has 0 spiro atoms. The van der Waals surface area contributed by atoms with Gasteiger partial charge in [0, 0.05) is 31.3 Å². The third-order valence-electron chi connectivity index (χ3n) is 5.20. The summed E-state index contributed by atoms with van der Waals surface area (Å²) in [7, 11) is 1.63. The fraction of sp³-hybridized carbons (Fsp3) is 0.304. The molecule has 2 heterocycles. The molecule has 160 valence electrons. The van der Waals surface area contributed by atoms with Gasteiger partial charge in [0.1, 0.15) is 12.1 Å². The van der Waals surface area contributed by atoms with Crippen LogP contribution >= 0.6 is 0 Å². The molecule has 1 aliphatic rings. The van der Waals surface area contributed by atoms with Crippen LogP contribution in [0.15, 0.2) is 60.0 Å². The fourth-order valence-electron chi connectivity index (χ4n) is 3.46. The lowest BCUT2D eigenvalue weighted by Crippen LogP contribution is -2.40. The first-order valence-corrected chi connectivity index (χ1v) is 10.3. The Morgan fingerprint density at radius 2 is 1.87 bits per heavy atom. The number of anilines is 1. The van der Waals surface area contributed by atoms with E-state index in [-0.39, 0.29) is 5.91 Å². The van der Waals surface area contributed by atoms with E-state index in [2.05, 4.69) is 20.5 Å². The number of morpholine rings is 1. The molecule has 1 fully saturated rings. The SMILES string of the molecule is COc1ccc(/C(CCC(=O)N2CCOCC2)=N\Nc2ncnc3ccccc23)cc1. The number of hydrogen-bond acceptors (Lipinski definition) is 7. The van der Waals surface area contributed by atoms with Crippen LogP contribution in [0.3, 0.4) is 0 Å². The molecule has 0 aliphatic carbocycles. The van der Waals surface area contributed by atoms with Gasteiger partial charge in [0.25, 0.3) is 0 Å². The third-order valence-corrected chi connectivity index (χ3v) is 5.20. The van der Waals surface area contributed by atoms with Crippen molar-refractivity contribution in [1.29, 1.82) is 0 Å². The van der Waals surface area contributed by atoms with Crippen molar-refractivity contribution in [2.75, 3.05) is 38.8 Å². The summed E-state index contributed by atoms with van der Waals surface area (Å²) in [5, 5.41) is 5.51. The molecule has 0 atom stereocenters. The van der Waals surface area contributed by atoms with Gasteiger partial charge in [-0.15, -0.1) is 0 Å². The molecule has 4 rings (SSSR count). The summed E-state index contributed by atoms with van der Waals surface area (Å²) in [5.74, 6) is 1.50. The normalized spacial score (nSPS) is 14.5. The van der Waals surface area contributed by atoms with E-state index in [1.165, 1.54) is 6.33 Å². The van der Waals surface area contributed by atoms with Gasteiger partial charge in [-0.1, -0.05) is 12.1 Å². The maximum absolute atomic E-state index is 12.6. The average molecular weight is 419 g/mol. The molecule has 8 nitrogen and oxygen atoms in total. The number of aromatic nitrogens is 2. The Balaban J connectivity index is 1.55. The molecule has 1 aromatic heterocycles. The summed E-state index contributed by atoms with van der Waals surface area (Å²) in [6.45, 7) is 2.46. The maximum Gasteiger partial charge on any atom is 0.223 e. The number of hydrogen-bond donors (Lipinski definition) is 1. The summed E-state index contributed by atoms with van der Waals surface area (Å²) >= 11 is 0.